The van der Waals surface area contributed by atoms with E-state index < -0.39 is 0 Å². The summed E-state index contributed by atoms with van der Waals surface area (Å²) in [5, 5.41) is 10.8. The van der Waals surface area contributed by atoms with Gasteiger partial charge in [-0.15, -0.1) is 11.3 Å². The van der Waals surface area contributed by atoms with Crippen molar-refractivity contribution < 1.29 is 4.42 Å². The monoisotopic (exact) mass is 726 g/mol. The Labute approximate surface area is 323 Å². The SMILES string of the molecule is CC(C)c1cc(-c2cc3ccccc3s2)cc(C(C)C)c1-n1c(-c2cccc3c2oc2cc4c(ccc5ccccc54)cc23)nc2ccc3ccccc3c21. The topological polar surface area (TPSA) is 31.0 Å². The molecule has 11 rings (SSSR count). The molecule has 0 radical (unpaired) electrons. The minimum atomic E-state index is 0.256. The van der Waals surface area contributed by atoms with Gasteiger partial charge in [-0.1, -0.05) is 125 Å². The van der Waals surface area contributed by atoms with Crippen molar-refractivity contribution in [2.45, 2.75) is 39.5 Å². The maximum absolute atomic E-state index is 6.98. The third-order valence-corrected chi connectivity index (χ3v) is 12.7. The quantitative estimate of drug-likeness (QED) is 0.165. The largest absolute Gasteiger partial charge is 0.455 e. The Morgan fingerprint density at radius 2 is 1.20 bits per heavy atom. The van der Waals surface area contributed by atoms with Gasteiger partial charge in [-0.2, -0.15) is 0 Å². The van der Waals surface area contributed by atoms with Gasteiger partial charge in [0.25, 0.3) is 0 Å². The molecule has 3 aromatic heterocycles. The van der Waals surface area contributed by atoms with Gasteiger partial charge in [0.05, 0.1) is 22.3 Å². The van der Waals surface area contributed by atoms with Gasteiger partial charge in [0, 0.05) is 25.7 Å². The molecule has 0 fully saturated rings. The Balaban J connectivity index is 1.24. The summed E-state index contributed by atoms with van der Waals surface area (Å²) in [5.41, 5.74) is 9.93. The summed E-state index contributed by atoms with van der Waals surface area (Å²) in [6.45, 7) is 9.29. The minimum absolute atomic E-state index is 0.256. The number of aromatic nitrogens is 2. The lowest BCUT2D eigenvalue weighted by Gasteiger charge is -2.24. The fraction of sp³-hybridized carbons (Fsp3) is 0.118. The second kappa shape index (κ2) is 12.1. The van der Waals surface area contributed by atoms with Crippen LogP contribution in [0, 0.1) is 0 Å². The van der Waals surface area contributed by atoms with Crippen LogP contribution >= 0.6 is 11.3 Å². The third kappa shape index (κ3) is 4.91. The molecule has 0 aliphatic carbocycles. The highest BCUT2D eigenvalue weighted by molar-refractivity contribution is 7.22. The van der Waals surface area contributed by atoms with Gasteiger partial charge in [0.15, 0.2) is 0 Å². The van der Waals surface area contributed by atoms with Crippen LogP contribution in [0.5, 0.6) is 0 Å². The summed E-state index contributed by atoms with van der Waals surface area (Å²) < 4.78 is 10.8. The van der Waals surface area contributed by atoms with Gasteiger partial charge in [-0.05, 0) is 109 Å². The van der Waals surface area contributed by atoms with Crippen molar-refractivity contribution >= 4 is 86.7 Å². The number of nitrogens with zero attached hydrogens (tertiary/aromatic N) is 2. The first-order chi connectivity index (χ1) is 26.9. The van der Waals surface area contributed by atoms with Crippen LogP contribution in [0.3, 0.4) is 0 Å². The van der Waals surface area contributed by atoms with Gasteiger partial charge in [0.1, 0.15) is 17.0 Å². The summed E-state index contributed by atoms with van der Waals surface area (Å²) in [6.07, 6.45) is 0. The van der Waals surface area contributed by atoms with Gasteiger partial charge in [-0.25, -0.2) is 4.98 Å². The molecule has 0 N–H and O–H groups in total. The van der Waals surface area contributed by atoms with Crippen LogP contribution in [0.25, 0.3) is 103 Å². The number of rotatable bonds is 5. The zero-order valence-corrected chi connectivity index (χ0v) is 32.0. The first kappa shape index (κ1) is 32.2. The fourth-order valence-corrected chi connectivity index (χ4v) is 9.85. The Bertz CT molecular complexity index is 3280. The van der Waals surface area contributed by atoms with Crippen LogP contribution in [0.15, 0.2) is 150 Å². The van der Waals surface area contributed by atoms with Crippen molar-refractivity contribution in [1.29, 1.82) is 0 Å². The van der Waals surface area contributed by atoms with Gasteiger partial charge in [-0.3, -0.25) is 4.57 Å². The van der Waals surface area contributed by atoms with Gasteiger partial charge in [0.2, 0.25) is 0 Å². The molecular formula is C51H38N2OS. The fourth-order valence-electron chi connectivity index (χ4n) is 8.80. The molecule has 4 heteroatoms. The van der Waals surface area contributed by atoms with E-state index in [1.807, 2.05) is 11.3 Å². The average Bonchev–Trinajstić information content (AvgIpc) is 3.93. The molecule has 8 aromatic carbocycles. The molecule has 0 atom stereocenters. The number of thiophene rings is 1. The number of hydrogen-bond donors (Lipinski definition) is 0. The van der Waals surface area contributed by atoms with Crippen LogP contribution in [0.4, 0.5) is 0 Å². The van der Waals surface area contributed by atoms with E-state index in [0.29, 0.717) is 0 Å². The van der Waals surface area contributed by atoms with Crippen LogP contribution in [-0.2, 0) is 0 Å². The number of imidazole rings is 1. The Hall–Kier alpha value is -6.23. The second-order valence-electron chi connectivity index (χ2n) is 15.5. The van der Waals surface area contributed by atoms with Crippen LogP contribution in [0.1, 0.15) is 50.7 Å². The van der Waals surface area contributed by atoms with E-state index in [1.54, 1.807) is 0 Å². The zero-order chi connectivity index (χ0) is 36.9. The molecule has 0 saturated heterocycles. The maximum Gasteiger partial charge on any atom is 0.149 e. The molecule has 0 aliphatic heterocycles. The molecule has 0 unspecified atom stereocenters. The van der Waals surface area contributed by atoms with Crippen molar-refractivity contribution in [3.05, 3.63) is 157 Å². The number of benzene rings is 8. The molecule has 0 aliphatic rings. The Morgan fingerprint density at radius 1 is 0.545 bits per heavy atom. The summed E-state index contributed by atoms with van der Waals surface area (Å²) in [5.74, 6) is 1.40. The first-order valence-corrected chi connectivity index (χ1v) is 20.1. The van der Waals surface area contributed by atoms with E-state index >= 15 is 0 Å². The molecule has 11 aromatic rings. The predicted molar refractivity (Wildman–Crippen MR) is 235 cm³/mol. The van der Waals surface area contributed by atoms with E-state index in [2.05, 4.69) is 178 Å². The molecular weight excluding hydrogens is 689 g/mol. The van der Waals surface area contributed by atoms with Gasteiger partial charge >= 0.3 is 0 Å². The Kier molecular flexibility index (Phi) is 7.11. The van der Waals surface area contributed by atoms with Crippen molar-refractivity contribution in [3.63, 3.8) is 0 Å². The highest BCUT2D eigenvalue weighted by Crippen LogP contribution is 2.45. The van der Waals surface area contributed by atoms with E-state index in [4.69, 9.17) is 9.40 Å². The molecule has 55 heavy (non-hydrogen) atoms. The molecule has 0 spiro atoms. The first-order valence-electron chi connectivity index (χ1n) is 19.3. The van der Waals surface area contributed by atoms with Crippen molar-refractivity contribution in [2.24, 2.45) is 0 Å². The highest BCUT2D eigenvalue weighted by Gasteiger charge is 2.27. The maximum atomic E-state index is 6.98. The molecule has 0 saturated carbocycles. The average molecular weight is 727 g/mol. The van der Waals surface area contributed by atoms with E-state index in [0.717, 1.165) is 44.4 Å². The van der Waals surface area contributed by atoms with Crippen LogP contribution < -0.4 is 0 Å². The van der Waals surface area contributed by atoms with Gasteiger partial charge < -0.3 is 4.42 Å². The number of para-hydroxylation sites is 1. The second-order valence-corrected chi connectivity index (χ2v) is 16.6. The van der Waals surface area contributed by atoms with Crippen molar-refractivity contribution in [1.82, 2.24) is 9.55 Å². The van der Waals surface area contributed by atoms with E-state index in [1.165, 1.54) is 69.7 Å². The highest BCUT2D eigenvalue weighted by atomic mass is 32.1. The molecule has 0 amide bonds. The summed E-state index contributed by atoms with van der Waals surface area (Å²) in [4.78, 5) is 6.84. The van der Waals surface area contributed by atoms with E-state index in [-0.39, 0.29) is 11.8 Å². The van der Waals surface area contributed by atoms with Crippen LogP contribution in [0.2, 0.25) is 0 Å². The molecule has 264 valence electrons. The number of furan rings is 1. The minimum Gasteiger partial charge on any atom is -0.455 e. The number of fused-ring (bicyclic) bond motifs is 10. The lowest BCUT2D eigenvalue weighted by atomic mass is 9.89. The predicted octanol–water partition coefficient (Wildman–Crippen LogP) is 15.2. The lowest BCUT2D eigenvalue weighted by molar-refractivity contribution is 0.670. The third-order valence-electron chi connectivity index (χ3n) is 11.5. The molecule has 3 heterocycles. The zero-order valence-electron chi connectivity index (χ0n) is 31.2. The summed E-state index contributed by atoms with van der Waals surface area (Å²) in [6, 6.07) is 53.1. The summed E-state index contributed by atoms with van der Waals surface area (Å²) in [7, 11) is 0. The van der Waals surface area contributed by atoms with Crippen molar-refractivity contribution in [2.75, 3.05) is 0 Å². The smallest absolute Gasteiger partial charge is 0.149 e. The molecule has 0 bridgehead atoms. The Morgan fingerprint density at radius 3 is 1.96 bits per heavy atom. The summed E-state index contributed by atoms with van der Waals surface area (Å²) >= 11 is 1.87. The standard InChI is InChI=1S/C51H38N2OS/c1-29(2)40-25-35(47-27-34-14-7-10-19-46(34)55-47)26-41(30(3)4)48(40)53-49-37-16-9-6-13-32(37)22-23-44(49)52-51(53)39-18-11-17-38-43-24-33-21-20-31-12-5-8-15-36(31)42(33)28-45(43)54-50(38)39/h5-30H,1-4H3. The lowest BCUT2D eigenvalue weighted by Crippen LogP contribution is -2.09. The molecule has 3 nitrogen and oxygen atoms in total. The normalized spacial score (nSPS) is 12.3. The van der Waals surface area contributed by atoms with E-state index in [9.17, 15) is 0 Å². The number of hydrogen-bond acceptors (Lipinski definition) is 3. The van der Waals surface area contributed by atoms with Crippen molar-refractivity contribution in [3.8, 4) is 27.5 Å². The van der Waals surface area contributed by atoms with Crippen LogP contribution in [-0.4, -0.2) is 9.55 Å².